The fourth-order valence-corrected chi connectivity index (χ4v) is 2.11. The summed E-state index contributed by atoms with van der Waals surface area (Å²) in [4.78, 5) is 7.75. The summed E-state index contributed by atoms with van der Waals surface area (Å²) >= 11 is 11.8. The molecule has 0 aliphatic rings. The SMILES string of the molecule is NC(=NCc1ncc(C(F)(F)F)cc1Cl)c1ccccc1Cl. The molecule has 0 spiro atoms. The zero-order chi connectivity index (χ0) is 16.3. The average Bonchev–Trinajstić information content (AvgIpc) is 2.45. The van der Waals surface area contributed by atoms with Gasteiger partial charge in [-0.1, -0.05) is 35.3 Å². The van der Waals surface area contributed by atoms with E-state index in [2.05, 4.69) is 9.98 Å². The third kappa shape index (κ3) is 3.90. The molecule has 22 heavy (non-hydrogen) atoms. The first-order chi connectivity index (χ1) is 10.3. The van der Waals surface area contributed by atoms with E-state index in [1.54, 1.807) is 24.3 Å². The molecule has 2 rings (SSSR count). The van der Waals surface area contributed by atoms with E-state index >= 15 is 0 Å². The number of hydrogen-bond acceptors (Lipinski definition) is 2. The Hall–Kier alpha value is -1.79. The summed E-state index contributed by atoms with van der Waals surface area (Å²) in [7, 11) is 0. The number of aliphatic imine (C=N–C) groups is 1. The van der Waals surface area contributed by atoms with E-state index in [9.17, 15) is 13.2 Å². The van der Waals surface area contributed by atoms with Gasteiger partial charge in [0, 0.05) is 11.8 Å². The highest BCUT2D eigenvalue weighted by Crippen LogP contribution is 2.31. The zero-order valence-corrected chi connectivity index (χ0v) is 12.5. The van der Waals surface area contributed by atoms with Crippen molar-refractivity contribution in [3.05, 3.63) is 63.4 Å². The molecule has 0 atom stereocenters. The molecule has 0 aliphatic carbocycles. The number of pyridine rings is 1. The molecule has 0 bridgehead atoms. The van der Waals surface area contributed by atoms with Crippen LogP contribution in [-0.4, -0.2) is 10.8 Å². The highest BCUT2D eigenvalue weighted by Gasteiger charge is 2.31. The fourth-order valence-electron chi connectivity index (χ4n) is 1.65. The van der Waals surface area contributed by atoms with Crippen LogP contribution in [0.25, 0.3) is 0 Å². The number of aromatic nitrogens is 1. The molecular formula is C14H10Cl2F3N3. The molecule has 0 fully saturated rings. The predicted molar refractivity (Wildman–Crippen MR) is 80.1 cm³/mol. The van der Waals surface area contributed by atoms with Gasteiger partial charge in [0.25, 0.3) is 0 Å². The van der Waals surface area contributed by atoms with Gasteiger partial charge in [0.2, 0.25) is 0 Å². The van der Waals surface area contributed by atoms with E-state index < -0.39 is 11.7 Å². The zero-order valence-electron chi connectivity index (χ0n) is 11.0. The Balaban J connectivity index is 2.21. The molecule has 2 aromatic rings. The van der Waals surface area contributed by atoms with E-state index in [1.807, 2.05) is 0 Å². The predicted octanol–water partition coefficient (Wildman–Crippen LogP) is 4.31. The van der Waals surface area contributed by atoms with Crippen LogP contribution in [0.4, 0.5) is 13.2 Å². The van der Waals surface area contributed by atoms with Gasteiger partial charge in [0.1, 0.15) is 5.84 Å². The van der Waals surface area contributed by atoms with Gasteiger partial charge < -0.3 is 5.73 Å². The second-order valence-electron chi connectivity index (χ2n) is 4.33. The van der Waals surface area contributed by atoms with Crippen molar-refractivity contribution in [2.24, 2.45) is 10.7 Å². The van der Waals surface area contributed by atoms with Crippen LogP contribution < -0.4 is 5.73 Å². The lowest BCUT2D eigenvalue weighted by Gasteiger charge is -2.08. The summed E-state index contributed by atoms with van der Waals surface area (Å²) < 4.78 is 37.6. The number of halogens is 5. The molecule has 0 amide bonds. The Morgan fingerprint density at radius 3 is 2.45 bits per heavy atom. The van der Waals surface area contributed by atoms with E-state index in [1.165, 1.54) is 0 Å². The normalized spacial score (nSPS) is 12.5. The molecule has 0 saturated heterocycles. The summed E-state index contributed by atoms with van der Waals surface area (Å²) in [6.07, 6.45) is -3.78. The summed E-state index contributed by atoms with van der Waals surface area (Å²) in [6.45, 7) is -0.0476. The van der Waals surface area contributed by atoms with Crippen molar-refractivity contribution in [3.8, 4) is 0 Å². The van der Waals surface area contributed by atoms with E-state index in [0.717, 1.165) is 6.07 Å². The Kier molecular flexibility index (Phi) is 4.93. The highest BCUT2D eigenvalue weighted by molar-refractivity contribution is 6.34. The van der Waals surface area contributed by atoms with Gasteiger partial charge in [-0.2, -0.15) is 13.2 Å². The Bertz CT molecular complexity index is 715. The molecule has 116 valence electrons. The van der Waals surface area contributed by atoms with E-state index in [4.69, 9.17) is 28.9 Å². The first kappa shape index (κ1) is 16.6. The molecular weight excluding hydrogens is 338 g/mol. The molecule has 1 heterocycles. The van der Waals surface area contributed by atoms with Gasteiger partial charge in [0.15, 0.2) is 0 Å². The maximum absolute atomic E-state index is 12.5. The van der Waals surface area contributed by atoms with Crippen molar-refractivity contribution < 1.29 is 13.2 Å². The maximum Gasteiger partial charge on any atom is 0.417 e. The Labute approximate surface area is 134 Å². The molecule has 0 aliphatic heterocycles. The standard InChI is InChI=1S/C14H10Cl2F3N3/c15-10-4-2-1-3-9(10)13(20)22-7-12-11(16)5-8(6-21-12)14(17,18)19/h1-6H,7H2,(H2,20,22). The number of nitrogens with zero attached hydrogens (tertiary/aromatic N) is 2. The van der Waals surface area contributed by atoms with Crippen LogP contribution in [0.5, 0.6) is 0 Å². The molecule has 3 nitrogen and oxygen atoms in total. The van der Waals surface area contributed by atoms with Crippen molar-refractivity contribution in [2.75, 3.05) is 0 Å². The second-order valence-corrected chi connectivity index (χ2v) is 5.15. The minimum absolute atomic E-state index is 0.0476. The largest absolute Gasteiger partial charge is 0.417 e. The third-order valence-electron chi connectivity index (χ3n) is 2.79. The van der Waals surface area contributed by atoms with Crippen molar-refractivity contribution in [3.63, 3.8) is 0 Å². The van der Waals surface area contributed by atoms with Crippen LogP contribution in [0, 0.1) is 0 Å². The average molecular weight is 348 g/mol. The van der Waals surface area contributed by atoms with E-state index in [-0.39, 0.29) is 23.1 Å². The van der Waals surface area contributed by atoms with Gasteiger partial charge >= 0.3 is 6.18 Å². The van der Waals surface area contributed by atoms with Crippen LogP contribution in [0.1, 0.15) is 16.8 Å². The minimum atomic E-state index is -4.49. The van der Waals surface area contributed by atoms with E-state index in [0.29, 0.717) is 16.8 Å². The lowest BCUT2D eigenvalue weighted by atomic mass is 10.2. The smallest absolute Gasteiger partial charge is 0.383 e. The molecule has 0 saturated carbocycles. The maximum atomic E-state index is 12.5. The van der Waals surface area contributed by atoms with Crippen LogP contribution >= 0.6 is 23.2 Å². The molecule has 0 unspecified atom stereocenters. The van der Waals surface area contributed by atoms with Crippen LogP contribution in [0.2, 0.25) is 10.0 Å². The lowest BCUT2D eigenvalue weighted by Crippen LogP contribution is -2.14. The van der Waals surface area contributed by atoms with Crippen molar-refractivity contribution in [1.29, 1.82) is 0 Å². The summed E-state index contributed by atoms with van der Waals surface area (Å²) in [6, 6.07) is 7.64. The monoisotopic (exact) mass is 347 g/mol. The quantitative estimate of drug-likeness (QED) is 0.664. The molecule has 1 aromatic carbocycles. The van der Waals surface area contributed by atoms with Crippen LogP contribution in [0.15, 0.2) is 41.5 Å². The lowest BCUT2D eigenvalue weighted by molar-refractivity contribution is -0.137. The van der Waals surface area contributed by atoms with Crippen LogP contribution in [-0.2, 0) is 12.7 Å². The van der Waals surface area contributed by atoms with Gasteiger partial charge in [-0.25, -0.2) is 0 Å². The number of benzene rings is 1. The van der Waals surface area contributed by atoms with Gasteiger partial charge in [0.05, 0.1) is 27.8 Å². The number of hydrogen-bond donors (Lipinski definition) is 1. The van der Waals surface area contributed by atoms with Gasteiger partial charge in [-0.15, -0.1) is 0 Å². The first-order valence-corrected chi connectivity index (χ1v) is 6.81. The summed E-state index contributed by atoms with van der Waals surface area (Å²) in [5.41, 5.74) is 5.63. The number of rotatable bonds is 3. The number of nitrogens with two attached hydrogens (primary N) is 1. The Morgan fingerprint density at radius 1 is 1.18 bits per heavy atom. The summed E-state index contributed by atoms with van der Waals surface area (Å²) in [5, 5.41) is 0.306. The Morgan fingerprint density at radius 2 is 1.86 bits per heavy atom. The molecule has 0 radical (unpaired) electrons. The van der Waals surface area contributed by atoms with Crippen LogP contribution in [0.3, 0.4) is 0 Å². The van der Waals surface area contributed by atoms with Crippen molar-refractivity contribution in [2.45, 2.75) is 12.7 Å². The third-order valence-corrected chi connectivity index (χ3v) is 3.45. The van der Waals surface area contributed by atoms with Gasteiger partial charge in [-0.3, -0.25) is 9.98 Å². The fraction of sp³-hybridized carbons (Fsp3) is 0.143. The summed E-state index contributed by atoms with van der Waals surface area (Å²) in [5.74, 6) is 0.156. The van der Waals surface area contributed by atoms with Gasteiger partial charge in [-0.05, 0) is 18.2 Å². The molecule has 1 aromatic heterocycles. The van der Waals surface area contributed by atoms with Crippen molar-refractivity contribution in [1.82, 2.24) is 4.98 Å². The minimum Gasteiger partial charge on any atom is -0.383 e. The molecule has 2 N–H and O–H groups in total. The number of amidine groups is 1. The number of alkyl halides is 3. The second kappa shape index (κ2) is 6.54. The molecule has 8 heteroatoms. The van der Waals surface area contributed by atoms with Crippen molar-refractivity contribution >= 4 is 29.0 Å². The highest BCUT2D eigenvalue weighted by atomic mass is 35.5. The first-order valence-electron chi connectivity index (χ1n) is 6.05. The topological polar surface area (TPSA) is 51.3 Å².